The Kier molecular flexibility index (Phi) is 12.0. The third-order valence-corrected chi connectivity index (χ3v) is 5.01. The second-order valence-corrected chi connectivity index (χ2v) is 7.22. The topological polar surface area (TPSA) is 18.5 Å². The Bertz CT molecular complexity index is 264. The second kappa shape index (κ2) is 13.2. The zero-order valence-electron chi connectivity index (χ0n) is 15.5. The van der Waals surface area contributed by atoms with E-state index in [1.165, 1.54) is 38.5 Å². The molecule has 0 bridgehead atoms. The number of unbranched alkanes of at least 4 members (excludes halogenated alkanes) is 5. The van der Waals surface area contributed by atoms with Gasteiger partial charge in [-0.25, -0.2) is 4.39 Å². The molecule has 0 spiro atoms. The highest BCUT2D eigenvalue weighted by molar-refractivity contribution is 4.72. The SMILES string of the molecule is CCCCCCCCC(O[C]O[C@H]1CC[C@H](C)CC1)[C@H](F)CC. The van der Waals surface area contributed by atoms with Crippen LogP contribution in [-0.4, -0.2) is 18.4 Å². The normalized spacial score (nSPS) is 24.5. The molecule has 0 N–H and O–H groups in total. The van der Waals surface area contributed by atoms with Crippen molar-refractivity contribution in [2.45, 2.75) is 116 Å². The van der Waals surface area contributed by atoms with Crippen LogP contribution in [0.5, 0.6) is 0 Å². The van der Waals surface area contributed by atoms with Crippen LogP contribution < -0.4 is 0 Å². The summed E-state index contributed by atoms with van der Waals surface area (Å²) in [5.74, 6) is 0.798. The summed E-state index contributed by atoms with van der Waals surface area (Å²) in [4.78, 5) is 0. The molecular weight excluding hydrogens is 291 g/mol. The lowest BCUT2D eigenvalue weighted by atomic mass is 9.89. The summed E-state index contributed by atoms with van der Waals surface area (Å²) in [6, 6.07) is 0. The zero-order chi connectivity index (χ0) is 16.9. The van der Waals surface area contributed by atoms with Gasteiger partial charge in [0, 0.05) is 0 Å². The number of halogens is 1. The van der Waals surface area contributed by atoms with E-state index >= 15 is 0 Å². The van der Waals surface area contributed by atoms with Gasteiger partial charge in [0.1, 0.15) is 6.17 Å². The van der Waals surface area contributed by atoms with Crippen molar-refractivity contribution in [1.82, 2.24) is 0 Å². The first-order valence-corrected chi connectivity index (χ1v) is 9.87. The fourth-order valence-electron chi connectivity index (χ4n) is 3.21. The Hall–Kier alpha value is -0.150. The van der Waals surface area contributed by atoms with Gasteiger partial charge in [-0.15, -0.1) is 0 Å². The van der Waals surface area contributed by atoms with Gasteiger partial charge in [-0.1, -0.05) is 59.3 Å². The summed E-state index contributed by atoms with van der Waals surface area (Å²) < 4.78 is 25.1. The third-order valence-electron chi connectivity index (χ3n) is 5.01. The molecule has 0 aromatic carbocycles. The first-order chi connectivity index (χ1) is 11.2. The van der Waals surface area contributed by atoms with E-state index in [0.717, 1.165) is 38.0 Å². The van der Waals surface area contributed by atoms with Crippen LogP contribution in [0.15, 0.2) is 0 Å². The average Bonchev–Trinajstić information content (AvgIpc) is 2.57. The van der Waals surface area contributed by atoms with Crippen LogP contribution in [-0.2, 0) is 9.47 Å². The van der Waals surface area contributed by atoms with Crippen LogP contribution in [0.2, 0.25) is 0 Å². The van der Waals surface area contributed by atoms with Crippen LogP contribution in [0.25, 0.3) is 0 Å². The Morgan fingerprint density at radius 2 is 1.65 bits per heavy atom. The molecule has 0 aromatic heterocycles. The largest absolute Gasteiger partial charge is 0.337 e. The van der Waals surface area contributed by atoms with Gasteiger partial charge in [-0.05, 0) is 44.4 Å². The minimum Gasteiger partial charge on any atom is -0.337 e. The lowest BCUT2D eigenvalue weighted by Crippen LogP contribution is -2.26. The van der Waals surface area contributed by atoms with E-state index in [4.69, 9.17) is 9.47 Å². The van der Waals surface area contributed by atoms with Gasteiger partial charge in [-0.2, -0.15) is 0 Å². The van der Waals surface area contributed by atoms with E-state index in [1.807, 2.05) is 6.92 Å². The van der Waals surface area contributed by atoms with E-state index < -0.39 is 12.3 Å². The molecule has 0 amide bonds. The van der Waals surface area contributed by atoms with E-state index in [1.54, 1.807) is 0 Å². The van der Waals surface area contributed by atoms with Gasteiger partial charge in [0.05, 0.1) is 12.2 Å². The van der Waals surface area contributed by atoms with E-state index in [0.29, 0.717) is 6.42 Å². The van der Waals surface area contributed by atoms with Crippen molar-refractivity contribution in [3.8, 4) is 0 Å². The number of alkyl halides is 1. The van der Waals surface area contributed by atoms with Crippen molar-refractivity contribution in [1.29, 1.82) is 0 Å². The fraction of sp³-hybridized carbons (Fsp3) is 0.950. The molecule has 3 heteroatoms. The highest BCUT2D eigenvalue weighted by Gasteiger charge is 2.23. The Balaban J connectivity index is 2.15. The lowest BCUT2D eigenvalue weighted by Gasteiger charge is -2.26. The highest BCUT2D eigenvalue weighted by Crippen LogP contribution is 2.26. The van der Waals surface area contributed by atoms with Gasteiger partial charge in [0.25, 0.3) is 6.79 Å². The van der Waals surface area contributed by atoms with Crippen molar-refractivity contribution in [2.24, 2.45) is 5.92 Å². The maximum absolute atomic E-state index is 14.0. The first-order valence-electron chi connectivity index (χ1n) is 9.87. The summed E-state index contributed by atoms with van der Waals surface area (Å²) in [7, 11) is 0. The molecule has 136 valence electrons. The monoisotopic (exact) mass is 328 g/mol. The van der Waals surface area contributed by atoms with Gasteiger partial charge in [-0.3, -0.25) is 0 Å². The van der Waals surface area contributed by atoms with E-state index in [-0.39, 0.29) is 6.10 Å². The number of ether oxygens (including phenoxy) is 2. The molecule has 0 saturated heterocycles. The summed E-state index contributed by atoms with van der Waals surface area (Å²) in [6.45, 7) is 8.98. The molecule has 23 heavy (non-hydrogen) atoms. The van der Waals surface area contributed by atoms with Gasteiger partial charge in [0.2, 0.25) is 0 Å². The van der Waals surface area contributed by atoms with Crippen molar-refractivity contribution in [3.63, 3.8) is 0 Å². The zero-order valence-corrected chi connectivity index (χ0v) is 15.5. The molecule has 2 atom stereocenters. The van der Waals surface area contributed by atoms with Crippen LogP contribution >= 0.6 is 0 Å². The molecule has 1 aliphatic carbocycles. The first kappa shape index (κ1) is 20.9. The molecule has 1 unspecified atom stereocenters. The predicted octanol–water partition coefficient (Wildman–Crippen LogP) is 6.46. The van der Waals surface area contributed by atoms with Crippen molar-refractivity contribution in [2.75, 3.05) is 0 Å². The molecule has 0 aromatic rings. The number of hydrogen-bond donors (Lipinski definition) is 0. The fourth-order valence-corrected chi connectivity index (χ4v) is 3.21. The number of rotatable bonds is 13. The number of hydrogen-bond acceptors (Lipinski definition) is 2. The van der Waals surface area contributed by atoms with E-state index in [9.17, 15) is 4.39 Å². The molecule has 0 aliphatic heterocycles. The highest BCUT2D eigenvalue weighted by atomic mass is 19.1. The summed E-state index contributed by atoms with van der Waals surface area (Å²) in [5, 5.41) is 0. The standard InChI is InChI=1S/C20H37FO2/c1-4-6-7-8-9-10-11-20(19(21)5-2)23-16-22-18-14-12-17(3)13-15-18/h17-20H,4-15H2,1-3H3/t17-,18-,19-,20?/m1/s1. The Morgan fingerprint density at radius 3 is 2.30 bits per heavy atom. The summed E-state index contributed by atoms with van der Waals surface area (Å²) in [6.07, 6.45) is 12.0. The van der Waals surface area contributed by atoms with Crippen LogP contribution in [0.4, 0.5) is 4.39 Å². The molecule has 2 radical (unpaired) electrons. The molecular formula is C20H37FO2. The summed E-state index contributed by atoms with van der Waals surface area (Å²) >= 11 is 0. The summed E-state index contributed by atoms with van der Waals surface area (Å²) in [5.41, 5.74) is 0. The molecule has 2 nitrogen and oxygen atoms in total. The quantitative estimate of drug-likeness (QED) is 0.361. The second-order valence-electron chi connectivity index (χ2n) is 7.22. The van der Waals surface area contributed by atoms with Gasteiger partial charge < -0.3 is 9.47 Å². The minimum atomic E-state index is -0.923. The third kappa shape index (κ3) is 9.66. The van der Waals surface area contributed by atoms with Crippen LogP contribution in [0, 0.1) is 12.7 Å². The maximum atomic E-state index is 14.0. The molecule has 1 saturated carbocycles. The molecule has 0 heterocycles. The van der Waals surface area contributed by atoms with Crippen LogP contribution in [0.1, 0.15) is 97.8 Å². The maximum Gasteiger partial charge on any atom is 0.292 e. The predicted molar refractivity (Wildman–Crippen MR) is 93.8 cm³/mol. The molecule has 1 aliphatic rings. The van der Waals surface area contributed by atoms with Crippen molar-refractivity contribution in [3.05, 3.63) is 6.79 Å². The van der Waals surface area contributed by atoms with Crippen molar-refractivity contribution < 1.29 is 13.9 Å². The van der Waals surface area contributed by atoms with Gasteiger partial charge >= 0.3 is 0 Å². The molecule has 1 fully saturated rings. The Morgan fingerprint density at radius 1 is 1.00 bits per heavy atom. The van der Waals surface area contributed by atoms with Gasteiger partial charge in [0.15, 0.2) is 0 Å². The lowest BCUT2D eigenvalue weighted by molar-refractivity contribution is -0.0866. The van der Waals surface area contributed by atoms with Crippen molar-refractivity contribution >= 4 is 0 Å². The molecule has 1 rings (SSSR count). The van der Waals surface area contributed by atoms with Crippen LogP contribution in [0.3, 0.4) is 0 Å². The average molecular weight is 329 g/mol. The smallest absolute Gasteiger partial charge is 0.292 e. The Labute approximate surface area is 143 Å². The van der Waals surface area contributed by atoms with E-state index in [2.05, 4.69) is 20.6 Å². The minimum absolute atomic E-state index is 0.209.